The summed E-state index contributed by atoms with van der Waals surface area (Å²) in [6, 6.07) is -0.762. The van der Waals surface area contributed by atoms with Gasteiger partial charge in [-0.1, -0.05) is 6.58 Å². The van der Waals surface area contributed by atoms with Crippen LogP contribution in [0, 0.1) is 0 Å². The van der Waals surface area contributed by atoms with Gasteiger partial charge in [-0.25, -0.2) is 4.79 Å². The second-order valence-electron chi connectivity index (χ2n) is 1.65. The maximum absolute atomic E-state index is 10.4. The molecule has 0 bridgehead atoms. The van der Waals surface area contributed by atoms with E-state index < -0.39 is 6.03 Å². The molecule has 10 heavy (non-hydrogen) atoms. The first kappa shape index (κ1) is 8.48. The van der Waals surface area contributed by atoms with Crippen LogP contribution in [0.4, 0.5) is 4.79 Å². The van der Waals surface area contributed by atoms with Crippen LogP contribution in [-0.4, -0.2) is 11.8 Å². The monoisotopic (exact) mass is 143 g/mol. The fourth-order valence-corrected chi connectivity index (χ4v) is 0.225. The Morgan fingerprint density at radius 3 is 2.20 bits per heavy atom. The maximum Gasteiger partial charge on any atom is 0.330 e. The molecule has 2 amide bonds. The molecule has 0 saturated carbocycles. The number of urea groups is 1. The van der Waals surface area contributed by atoms with Gasteiger partial charge in [0.15, 0.2) is 5.78 Å². The van der Waals surface area contributed by atoms with Crippen molar-refractivity contribution in [2.45, 2.75) is 6.92 Å². The van der Waals surface area contributed by atoms with Crippen LogP contribution in [0.25, 0.3) is 0 Å². The van der Waals surface area contributed by atoms with E-state index in [1.165, 1.54) is 6.92 Å². The third kappa shape index (κ3) is 3.48. The zero-order valence-electron chi connectivity index (χ0n) is 5.60. The van der Waals surface area contributed by atoms with Gasteiger partial charge in [-0.3, -0.25) is 15.6 Å². The molecule has 0 aromatic carbocycles. The minimum Gasteiger partial charge on any atom is -0.350 e. The van der Waals surface area contributed by atoms with Gasteiger partial charge in [-0.2, -0.15) is 0 Å². The van der Waals surface area contributed by atoms with E-state index in [9.17, 15) is 9.59 Å². The third-order valence-corrected chi connectivity index (χ3v) is 0.762. The van der Waals surface area contributed by atoms with Gasteiger partial charge in [0.1, 0.15) is 0 Å². The lowest BCUT2D eigenvalue weighted by Crippen LogP contribution is -2.41. The van der Waals surface area contributed by atoms with Gasteiger partial charge in [-0.05, 0) is 0 Å². The summed E-state index contributed by atoms with van der Waals surface area (Å²) in [6.07, 6.45) is 0. The first-order chi connectivity index (χ1) is 4.54. The summed E-state index contributed by atoms with van der Waals surface area (Å²) in [5.41, 5.74) is 8.98. The second-order valence-corrected chi connectivity index (χ2v) is 1.65. The van der Waals surface area contributed by atoms with Crippen LogP contribution in [0.3, 0.4) is 0 Å². The fourth-order valence-electron chi connectivity index (χ4n) is 0.225. The number of amides is 2. The first-order valence-electron chi connectivity index (χ1n) is 2.55. The minimum atomic E-state index is -0.762. The van der Waals surface area contributed by atoms with Gasteiger partial charge < -0.3 is 5.73 Å². The molecule has 0 atom stereocenters. The van der Waals surface area contributed by atoms with Gasteiger partial charge in [0.05, 0.1) is 5.70 Å². The van der Waals surface area contributed by atoms with Crippen molar-refractivity contribution in [1.29, 1.82) is 0 Å². The predicted molar refractivity (Wildman–Crippen MR) is 35.7 cm³/mol. The molecule has 0 unspecified atom stereocenters. The SMILES string of the molecule is C=C(NNC(N)=O)C(C)=O. The van der Waals surface area contributed by atoms with Crippen molar-refractivity contribution in [3.05, 3.63) is 12.3 Å². The number of allylic oxidation sites excluding steroid dienone is 1. The van der Waals surface area contributed by atoms with E-state index >= 15 is 0 Å². The van der Waals surface area contributed by atoms with Gasteiger partial charge in [0.25, 0.3) is 0 Å². The van der Waals surface area contributed by atoms with Crippen molar-refractivity contribution in [2.75, 3.05) is 0 Å². The average molecular weight is 143 g/mol. The lowest BCUT2D eigenvalue weighted by atomic mass is 10.4. The maximum atomic E-state index is 10.4. The molecule has 0 aliphatic rings. The van der Waals surface area contributed by atoms with Crippen LogP contribution in [0.1, 0.15) is 6.92 Å². The molecule has 0 heterocycles. The highest BCUT2D eigenvalue weighted by atomic mass is 16.2. The standard InChI is InChI=1S/C5H9N3O2/c1-3(4(2)9)7-8-5(6)10/h7H,1H2,2H3,(H3,6,8,10). The van der Waals surface area contributed by atoms with E-state index in [-0.39, 0.29) is 11.5 Å². The van der Waals surface area contributed by atoms with Crippen LogP contribution >= 0.6 is 0 Å². The summed E-state index contributed by atoms with van der Waals surface area (Å²) in [4.78, 5) is 20.4. The van der Waals surface area contributed by atoms with Crippen molar-refractivity contribution >= 4 is 11.8 Å². The second kappa shape index (κ2) is 3.49. The first-order valence-corrected chi connectivity index (χ1v) is 2.55. The van der Waals surface area contributed by atoms with Crippen molar-refractivity contribution in [3.63, 3.8) is 0 Å². The molecular weight excluding hydrogens is 134 g/mol. The van der Waals surface area contributed by atoms with Crippen LogP contribution in [0.2, 0.25) is 0 Å². The van der Waals surface area contributed by atoms with Crippen molar-refractivity contribution in [2.24, 2.45) is 5.73 Å². The number of primary amides is 1. The van der Waals surface area contributed by atoms with Gasteiger partial charge in [-0.15, -0.1) is 0 Å². The van der Waals surface area contributed by atoms with Gasteiger partial charge in [0.2, 0.25) is 0 Å². The number of Topliss-reactive ketones (excluding diaryl/α,β-unsaturated/α-hetero) is 1. The van der Waals surface area contributed by atoms with Crippen LogP contribution in [0.5, 0.6) is 0 Å². The number of hydrogen-bond acceptors (Lipinski definition) is 3. The Balaban J connectivity index is 3.60. The molecule has 0 spiro atoms. The van der Waals surface area contributed by atoms with Crippen LogP contribution in [0.15, 0.2) is 12.3 Å². The number of nitrogens with one attached hydrogen (secondary N) is 2. The Labute approximate surface area is 58.2 Å². The largest absolute Gasteiger partial charge is 0.350 e. The molecule has 0 saturated heterocycles. The highest BCUT2D eigenvalue weighted by Crippen LogP contribution is 1.80. The van der Waals surface area contributed by atoms with Crippen molar-refractivity contribution in [1.82, 2.24) is 10.9 Å². The molecule has 0 aromatic rings. The van der Waals surface area contributed by atoms with Crippen LogP contribution in [-0.2, 0) is 4.79 Å². The van der Waals surface area contributed by atoms with Gasteiger partial charge >= 0.3 is 6.03 Å². The number of carbonyl (C=O) groups is 2. The lowest BCUT2D eigenvalue weighted by molar-refractivity contribution is -0.114. The molecular formula is C5H9N3O2. The zero-order chi connectivity index (χ0) is 8.15. The predicted octanol–water partition coefficient (Wildman–Crippen LogP) is -0.738. The van der Waals surface area contributed by atoms with E-state index in [2.05, 4.69) is 17.7 Å². The molecule has 0 aliphatic heterocycles. The Bertz CT molecular complexity index is 176. The summed E-state index contributed by atoms with van der Waals surface area (Å²) in [6.45, 7) is 4.61. The van der Waals surface area contributed by atoms with Crippen molar-refractivity contribution in [3.8, 4) is 0 Å². The van der Waals surface area contributed by atoms with E-state index in [1.54, 1.807) is 0 Å². The highest BCUT2D eigenvalue weighted by molar-refractivity contribution is 5.92. The Morgan fingerprint density at radius 1 is 1.40 bits per heavy atom. The van der Waals surface area contributed by atoms with Crippen LogP contribution < -0.4 is 16.6 Å². The van der Waals surface area contributed by atoms with E-state index in [1.807, 2.05) is 5.43 Å². The topological polar surface area (TPSA) is 84.2 Å². The summed E-state index contributed by atoms with van der Waals surface area (Å²) in [5.74, 6) is -0.256. The number of nitrogens with two attached hydrogens (primary N) is 1. The number of ketones is 1. The fraction of sp³-hybridized carbons (Fsp3) is 0.200. The number of rotatable bonds is 3. The number of carbonyl (C=O) groups excluding carboxylic acids is 2. The molecule has 0 radical (unpaired) electrons. The summed E-state index contributed by atoms with van der Waals surface area (Å²) < 4.78 is 0. The Morgan fingerprint density at radius 2 is 1.90 bits per heavy atom. The quantitative estimate of drug-likeness (QED) is 0.359. The molecule has 0 aliphatic carbocycles. The molecule has 0 rings (SSSR count). The van der Waals surface area contributed by atoms with E-state index in [4.69, 9.17) is 0 Å². The highest BCUT2D eigenvalue weighted by Gasteiger charge is 1.98. The molecule has 0 aromatic heterocycles. The number of hydrazine groups is 1. The Hall–Kier alpha value is -1.52. The summed E-state index contributed by atoms with van der Waals surface area (Å²) in [7, 11) is 0. The molecule has 4 N–H and O–H groups in total. The smallest absolute Gasteiger partial charge is 0.330 e. The van der Waals surface area contributed by atoms with E-state index in [0.29, 0.717) is 0 Å². The lowest BCUT2D eigenvalue weighted by Gasteiger charge is -2.04. The molecule has 5 nitrogen and oxygen atoms in total. The summed E-state index contributed by atoms with van der Waals surface area (Å²) in [5, 5.41) is 0. The normalized spacial score (nSPS) is 8.10. The minimum absolute atomic E-state index is 0.0961. The third-order valence-electron chi connectivity index (χ3n) is 0.762. The Kier molecular flexibility index (Phi) is 2.96. The number of hydrogen-bond donors (Lipinski definition) is 3. The zero-order valence-corrected chi connectivity index (χ0v) is 5.60. The molecule has 0 fully saturated rings. The molecule has 56 valence electrons. The average Bonchev–Trinajstić information content (AvgIpc) is 1.82. The molecule has 5 heteroatoms. The summed E-state index contributed by atoms with van der Waals surface area (Å²) >= 11 is 0. The van der Waals surface area contributed by atoms with Crippen molar-refractivity contribution < 1.29 is 9.59 Å². The van der Waals surface area contributed by atoms with E-state index in [0.717, 1.165) is 0 Å². The van der Waals surface area contributed by atoms with Gasteiger partial charge in [0, 0.05) is 6.92 Å².